The zero-order valence-corrected chi connectivity index (χ0v) is 22.5. The molecule has 34 heavy (non-hydrogen) atoms. The quantitative estimate of drug-likeness (QED) is 0.364. The van der Waals surface area contributed by atoms with Crippen molar-refractivity contribution in [2.45, 2.75) is 110 Å². The van der Waals surface area contributed by atoms with Crippen molar-refractivity contribution in [3.05, 3.63) is 52.6 Å². The summed E-state index contributed by atoms with van der Waals surface area (Å²) < 4.78 is 4.48. The molecule has 0 aliphatic heterocycles. The maximum atomic E-state index is 13.8. The first kappa shape index (κ1) is 25.3. The number of halogens is 1. The molecule has 0 unspecified atom stereocenters. The second-order valence-corrected chi connectivity index (χ2v) is 10.8. The van der Waals surface area contributed by atoms with Crippen LogP contribution in [0.4, 0.5) is 0 Å². The Morgan fingerprint density at radius 3 is 2.21 bits per heavy atom. The number of benzene rings is 1. The van der Waals surface area contributed by atoms with Crippen molar-refractivity contribution in [1.29, 1.82) is 0 Å². The Bertz CT molecular complexity index is 1050. The summed E-state index contributed by atoms with van der Waals surface area (Å²) in [6.45, 7) is 5.17. The largest absolute Gasteiger partial charge is 1.00 e. The third-order valence-electron chi connectivity index (χ3n) is 8.85. The number of ketones is 2. The number of hydrogen-bond acceptors (Lipinski definition) is 2. The summed E-state index contributed by atoms with van der Waals surface area (Å²) in [5, 5.41) is 0. The summed E-state index contributed by atoms with van der Waals surface area (Å²) in [6, 6.07) is 7.72. The van der Waals surface area contributed by atoms with Crippen LogP contribution in [0, 0.1) is 12.3 Å². The normalized spacial score (nSPS) is 19.6. The Morgan fingerprint density at radius 1 is 0.912 bits per heavy atom. The molecule has 3 aliphatic rings. The number of fused-ring (bicyclic) bond motifs is 2. The number of rotatable bonds is 6. The lowest BCUT2D eigenvalue weighted by molar-refractivity contribution is -0.704. The van der Waals surface area contributed by atoms with Gasteiger partial charge in [0.2, 0.25) is 23.0 Å². The highest BCUT2D eigenvalue weighted by molar-refractivity contribution is 6.26. The monoisotopic (exact) mass is 526 g/mol. The van der Waals surface area contributed by atoms with Crippen molar-refractivity contribution >= 4 is 11.6 Å². The molecule has 184 valence electrons. The van der Waals surface area contributed by atoms with Gasteiger partial charge in [-0.25, -0.2) is 9.13 Å². The molecule has 0 atom stereocenters. The van der Waals surface area contributed by atoms with E-state index in [4.69, 9.17) is 0 Å². The molecular weight excluding hydrogens is 488 g/mol. The predicted molar refractivity (Wildman–Crippen MR) is 130 cm³/mol. The van der Waals surface area contributed by atoms with E-state index in [0.717, 1.165) is 38.1 Å². The minimum atomic E-state index is 0. The molecule has 0 bridgehead atoms. The summed E-state index contributed by atoms with van der Waals surface area (Å²) in [7, 11) is 0. The minimum Gasteiger partial charge on any atom is -1.00 e. The van der Waals surface area contributed by atoms with E-state index >= 15 is 0 Å². The molecular formula is C29H39BrN2O2. The average molecular weight is 528 g/mol. The lowest BCUT2D eigenvalue weighted by Crippen LogP contribution is -3.00. The molecule has 1 spiro atoms. The number of carbonyl (C=O) groups is 2. The molecule has 1 aromatic carbocycles. The van der Waals surface area contributed by atoms with Gasteiger partial charge in [-0.1, -0.05) is 63.3 Å². The van der Waals surface area contributed by atoms with Crippen molar-refractivity contribution in [2.24, 2.45) is 5.41 Å². The summed E-state index contributed by atoms with van der Waals surface area (Å²) in [4.78, 5) is 27.4. The topological polar surface area (TPSA) is 43.0 Å². The van der Waals surface area contributed by atoms with Crippen LogP contribution in [0.2, 0.25) is 0 Å². The summed E-state index contributed by atoms with van der Waals surface area (Å²) >= 11 is 0. The Labute approximate surface area is 214 Å². The molecule has 3 aliphatic carbocycles. The van der Waals surface area contributed by atoms with E-state index in [9.17, 15) is 9.59 Å². The molecule has 0 radical (unpaired) electrons. The number of hydrogen-bond donors (Lipinski definition) is 0. The molecule has 2 aromatic rings. The molecule has 5 heteroatoms. The smallest absolute Gasteiger partial charge is 0.254 e. The molecule has 0 saturated heterocycles. The van der Waals surface area contributed by atoms with Crippen molar-refractivity contribution in [2.75, 3.05) is 0 Å². The molecule has 2 fully saturated rings. The predicted octanol–water partition coefficient (Wildman–Crippen LogP) is 3.51. The molecule has 4 nitrogen and oxygen atoms in total. The van der Waals surface area contributed by atoms with Crippen LogP contribution in [0.5, 0.6) is 0 Å². The summed E-state index contributed by atoms with van der Waals surface area (Å²) in [6.07, 6.45) is 16.3. The second-order valence-electron chi connectivity index (χ2n) is 10.8. The van der Waals surface area contributed by atoms with E-state index in [2.05, 4.69) is 23.0 Å². The van der Waals surface area contributed by atoms with E-state index in [1.807, 2.05) is 24.3 Å². The first-order valence-electron chi connectivity index (χ1n) is 13.4. The maximum Gasteiger partial charge on any atom is 0.254 e. The van der Waals surface area contributed by atoms with Crippen LogP contribution in [0.25, 0.3) is 0 Å². The lowest BCUT2D eigenvalue weighted by Gasteiger charge is -2.42. The van der Waals surface area contributed by atoms with Gasteiger partial charge in [-0.05, 0) is 56.8 Å². The molecule has 0 amide bonds. The molecule has 2 saturated carbocycles. The number of carbonyl (C=O) groups excluding carboxylic acids is 2. The average Bonchev–Trinajstić information content (AvgIpc) is 3.14. The van der Waals surface area contributed by atoms with Crippen LogP contribution < -0.4 is 21.5 Å². The van der Waals surface area contributed by atoms with Gasteiger partial charge < -0.3 is 17.0 Å². The van der Waals surface area contributed by atoms with Gasteiger partial charge in [0.25, 0.3) is 5.82 Å². The second kappa shape index (κ2) is 10.5. The molecule has 5 rings (SSSR count). The van der Waals surface area contributed by atoms with Gasteiger partial charge >= 0.3 is 0 Å². The van der Waals surface area contributed by atoms with E-state index in [0.29, 0.717) is 34.0 Å². The number of aromatic nitrogens is 2. The van der Waals surface area contributed by atoms with Gasteiger partial charge in [0, 0.05) is 18.1 Å². The standard InChI is InChI=1S/C29H39N2O2.BrH/c1-3-4-5-11-20-30-21(2)31(22-14-18-29(19-15-22)16-9-6-10-17-29)26-25(30)27(32)23-12-7-8-13-24(23)28(26)33;/h7-8,12-13,22H,3-6,9-11,14-20H2,1-2H3;1H/q+1;/p-1. The number of unbranched alkanes of at least 4 members (excludes halogenated alkanes) is 3. The van der Waals surface area contributed by atoms with Crippen LogP contribution in [0.15, 0.2) is 24.3 Å². The van der Waals surface area contributed by atoms with Crippen LogP contribution in [-0.4, -0.2) is 16.1 Å². The first-order chi connectivity index (χ1) is 16.1. The Kier molecular flexibility index (Phi) is 7.81. The fraction of sp³-hybridized carbons (Fsp3) is 0.621. The van der Waals surface area contributed by atoms with Gasteiger partial charge in [-0.15, -0.1) is 0 Å². The Balaban J connectivity index is 0.00000274. The highest BCUT2D eigenvalue weighted by atomic mass is 79.9. The third-order valence-corrected chi connectivity index (χ3v) is 8.85. The van der Waals surface area contributed by atoms with Crippen molar-refractivity contribution in [1.82, 2.24) is 4.57 Å². The van der Waals surface area contributed by atoms with Gasteiger partial charge in [0.05, 0.1) is 6.54 Å². The maximum absolute atomic E-state index is 13.8. The molecule has 1 heterocycles. The van der Waals surface area contributed by atoms with Crippen molar-refractivity contribution in [3.8, 4) is 0 Å². The highest BCUT2D eigenvalue weighted by Gasteiger charge is 2.46. The summed E-state index contributed by atoms with van der Waals surface area (Å²) in [5.41, 5.74) is 2.99. The SMILES string of the molecule is CCCCCC[n+]1c2c(n(C3CCC4(CCCCC4)CC3)c1C)C(=O)c1ccccc1C2=O.[Br-]. The summed E-state index contributed by atoms with van der Waals surface area (Å²) in [5.74, 6) is 1.15. The van der Waals surface area contributed by atoms with Crippen LogP contribution in [0.1, 0.15) is 134 Å². The van der Waals surface area contributed by atoms with Crippen LogP contribution in [0.3, 0.4) is 0 Å². The Hall–Kier alpha value is -1.75. The first-order valence-corrected chi connectivity index (χ1v) is 13.4. The van der Waals surface area contributed by atoms with E-state index < -0.39 is 0 Å². The number of nitrogens with zero attached hydrogens (tertiary/aromatic N) is 2. The van der Waals surface area contributed by atoms with E-state index in [1.165, 1.54) is 57.8 Å². The fourth-order valence-electron chi connectivity index (χ4n) is 6.97. The van der Waals surface area contributed by atoms with E-state index in [1.54, 1.807) is 0 Å². The number of imidazole rings is 1. The van der Waals surface area contributed by atoms with Gasteiger partial charge in [-0.2, -0.15) is 0 Å². The van der Waals surface area contributed by atoms with E-state index in [-0.39, 0.29) is 28.5 Å². The third kappa shape index (κ3) is 4.34. The van der Waals surface area contributed by atoms with Crippen LogP contribution >= 0.6 is 0 Å². The van der Waals surface area contributed by atoms with Crippen molar-refractivity contribution < 1.29 is 31.1 Å². The highest BCUT2D eigenvalue weighted by Crippen LogP contribution is 2.50. The van der Waals surface area contributed by atoms with Gasteiger partial charge in [-0.3, -0.25) is 9.59 Å². The van der Waals surface area contributed by atoms with Gasteiger partial charge in [0.15, 0.2) is 0 Å². The van der Waals surface area contributed by atoms with Crippen LogP contribution in [-0.2, 0) is 6.54 Å². The Morgan fingerprint density at radius 2 is 1.56 bits per heavy atom. The zero-order chi connectivity index (χ0) is 23.0. The minimum absolute atomic E-state index is 0. The zero-order valence-electron chi connectivity index (χ0n) is 20.9. The lowest BCUT2D eigenvalue weighted by atomic mass is 9.64. The van der Waals surface area contributed by atoms with Gasteiger partial charge in [0.1, 0.15) is 6.04 Å². The van der Waals surface area contributed by atoms with Crippen molar-refractivity contribution in [3.63, 3.8) is 0 Å². The fourth-order valence-corrected chi connectivity index (χ4v) is 6.97. The molecule has 1 aromatic heterocycles. The molecule has 0 N–H and O–H groups in total.